The van der Waals surface area contributed by atoms with Crippen molar-refractivity contribution in [2.24, 2.45) is 0 Å². The molecule has 0 bridgehead atoms. The minimum absolute atomic E-state index is 0.0983. The molecule has 1 N–H and O–H groups in total. The maximum atomic E-state index is 12.9. The van der Waals surface area contributed by atoms with Crippen LogP contribution in [0.25, 0.3) is 5.78 Å². The molecule has 11 heteroatoms. The van der Waals surface area contributed by atoms with E-state index in [2.05, 4.69) is 20.4 Å². The minimum atomic E-state index is -4.66. The van der Waals surface area contributed by atoms with E-state index < -0.39 is 12.0 Å². The Bertz CT molecular complexity index is 1130. The van der Waals surface area contributed by atoms with Crippen molar-refractivity contribution in [2.45, 2.75) is 39.8 Å². The average molecular weight is 451 g/mol. The molecular formula is C21H24F3N5O3. The van der Waals surface area contributed by atoms with E-state index >= 15 is 0 Å². The molecule has 0 aliphatic carbocycles. The van der Waals surface area contributed by atoms with E-state index in [1.807, 2.05) is 19.1 Å². The summed E-state index contributed by atoms with van der Waals surface area (Å²) in [5.74, 6) is -1.10. The number of anilines is 1. The molecule has 0 radical (unpaired) electrons. The first kappa shape index (κ1) is 23.5. The lowest BCUT2D eigenvalue weighted by atomic mass is 10.1. The number of alkyl halides is 3. The lowest BCUT2D eigenvalue weighted by Crippen LogP contribution is -2.15. The van der Waals surface area contributed by atoms with Gasteiger partial charge in [-0.25, -0.2) is 9.50 Å². The number of hydrogen-bond acceptors (Lipinski definition) is 6. The molecule has 8 nitrogen and oxygen atoms in total. The molecule has 0 aliphatic heterocycles. The highest BCUT2D eigenvalue weighted by Crippen LogP contribution is 2.28. The lowest BCUT2D eigenvalue weighted by molar-refractivity contribution is -0.144. The Morgan fingerprint density at radius 3 is 2.59 bits per heavy atom. The lowest BCUT2D eigenvalue weighted by Gasteiger charge is -2.14. The van der Waals surface area contributed by atoms with Gasteiger partial charge in [-0.05, 0) is 50.5 Å². The largest absolute Gasteiger partial charge is 0.489 e. The zero-order valence-electron chi connectivity index (χ0n) is 18.2. The van der Waals surface area contributed by atoms with Crippen LogP contribution in [0.2, 0.25) is 0 Å². The van der Waals surface area contributed by atoms with Crippen LogP contribution in [-0.4, -0.2) is 45.8 Å². The maximum Gasteiger partial charge on any atom is 0.453 e. The number of rotatable bonds is 8. The Morgan fingerprint density at radius 1 is 1.16 bits per heavy atom. The Hall–Kier alpha value is -3.21. The first-order valence-corrected chi connectivity index (χ1v) is 9.92. The van der Waals surface area contributed by atoms with Gasteiger partial charge in [0.15, 0.2) is 0 Å². The fraction of sp³-hybridized carbons (Fsp3) is 0.429. The van der Waals surface area contributed by atoms with E-state index in [0.29, 0.717) is 41.6 Å². The Balaban J connectivity index is 1.74. The zero-order valence-corrected chi connectivity index (χ0v) is 18.2. The van der Waals surface area contributed by atoms with Crippen molar-refractivity contribution < 1.29 is 27.4 Å². The number of carbonyl (C=O) groups is 1. The molecule has 0 fully saturated rings. The first-order valence-electron chi connectivity index (χ1n) is 9.92. The first-order chi connectivity index (χ1) is 15.1. The molecule has 1 aromatic carbocycles. The second kappa shape index (κ2) is 9.51. The van der Waals surface area contributed by atoms with Crippen LogP contribution in [0.1, 0.15) is 34.8 Å². The van der Waals surface area contributed by atoms with Crippen molar-refractivity contribution in [1.29, 1.82) is 0 Å². The average Bonchev–Trinajstić information content (AvgIpc) is 3.14. The molecule has 2 heterocycles. The predicted octanol–water partition coefficient (Wildman–Crippen LogP) is 3.66. The summed E-state index contributed by atoms with van der Waals surface area (Å²) in [7, 11) is 1.57. The number of nitrogens with zero attached hydrogens (tertiary/aromatic N) is 4. The number of hydrogen-bond donors (Lipinski definition) is 1. The molecule has 2 aromatic heterocycles. The number of carbonyl (C=O) groups excluding carboxylic acids is 1. The molecule has 3 aromatic rings. The summed E-state index contributed by atoms with van der Waals surface area (Å²) in [6.07, 6.45) is -4.29. The summed E-state index contributed by atoms with van der Waals surface area (Å²) in [6.45, 7) is 5.96. The number of aromatic nitrogens is 4. The SMILES string of the molecule is COCCOc1cc(C)ccc1NC(=O)CCc1c(C)nc2nc(C(F)(F)F)nn2c1C. The fourth-order valence-corrected chi connectivity index (χ4v) is 3.23. The predicted molar refractivity (Wildman–Crippen MR) is 111 cm³/mol. The van der Waals surface area contributed by atoms with Gasteiger partial charge < -0.3 is 14.8 Å². The van der Waals surface area contributed by atoms with Crippen LogP contribution in [-0.2, 0) is 22.1 Å². The molecule has 0 aliphatic rings. The summed E-state index contributed by atoms with van der Waals surface area (Å²) in [6, 6.07) is 5.43. The molecule has 0 saturated carbocycles. The molecule has 1 amide bonds. The zero-order chi connectivity index (χ0) is 23.5. The fourth-order valence-electron chi connectivity index (χ4n) is 3.23. The highest BCUT2D eigenvalue weighted by Gasteiger charge is 2.37. The quantitative estimate of drug-likeness (QED) is 0.526. The Morgan fingerprint density at radius 2 is 1.91 bits per heavy atom. The van der Waals surface area contributed by atoms with Gasteiger partial charge in [0.1, 0.15) is 12.4 Å². The molecule has 0 unspecified atom stereocenters. The van der Waals surface area contributed by atoms with Gasteiger partial charge in [-0.15, -0.1) is 5.10 Å². The van der Waals surface area contributed by atoms with E-state index in [-0.39, 0.29) is 24.5 Å². The molecule has 0 spiro atoms. The van der Waals surface area contributed by atoms with Crippen molar-refractivity contribution >= 4 is 17.4 Å². The Kier molecular flexibility index (Phi) is 6.97. The Labute approximate surface area is 182 Å². The number of amides is 1. The van der Waals surface area contributed by atoms with Gasteiger partial charge in [0.2, 0.25) is 5.91 Å². The highest BCUT2D eigenvalue weighted by atomic mass is 19.4. The monoisotopic (exact) mass is 451 g/mol. The number of aryl methyl sites for hydroxylation is 3. The molecular weight excluding hydrogens is 427 g/mol. The van der Waals surface area contributed by atoms with Crippen molar-refractivity contribution in [3.63, 3.8) is 0 Å². The molecule has 172 valence electrons. The van der Waals surface area contributed by atoms with Gasteiger partial charge >= 0.3 is 6.18 Å². The maximum absolute atomic E-state index is 12.9. The van der Waals surface area contributed by atoms with Crippen LogP contribution in [0.15, 0.2) is 18.2 Å². The van der Waals surface area contributed by atoms with Crippen molar-refractivity contribution in [2.75, 3.05) is 25.6 Å². The topological polar surface area (TPSA) is 90.6 Å². The van der Waals surface area contributed by atoms with Crippen LogP contribution < -0.4 is 10.1 Å². The van der Waals surface area contributed by atoms with Crippen LogP contribution in [0.4, 0.5) is 18.9 Å². The van der Waals surface area contributed by atoms with E-state index in [1.165, 1.54) is 0 Å². The summed E-state index contributed by atoms with van der Waals surface area (Å²) < 4.78 is 50.5. The number of fused-ring (bicyclic) bond motifs is 1. The third kappa shape index (κ3) is 5.34. The van der Waals surface area contributed by atoms with Gasteiger partial charge in [0.05, 0.1) is 12.3 Å². The van der Waals surface area contributed by atoms with Crippen molar-refractivity contribution in [3.05, 3.63) is 46.5 Å². The van der Waals surface area contributed by atoms with Crippen LogP contribution >= 0.6 is 0 Å². The summed E-state index contributed by atoms with van der Waals surface area (Å²) in [5, 5.41) is 6.35. The standard InChI is InChI=1S/C21H24F3N5O3/c1-12-5-7-16(17(11-12)32-10-9-31-4)26-18(30)8-6-15-13(2)25-20-27-19(21(22,23)24)28-29(20)14(15)3/h5,7,11H,6,8-10H2,1-4H3,(H,26,30). The van der Waals surface area contributed by atoms with Gasteiger partial charge in [-0.1, -0.05) is 6.07 Å². The number of ether oxygens (including phenoxy) is 2. The van der Waals surface area contributed by atoms with E-state index in [1.54, 1.807) is 27.0 Å². The van der Waals surface area contributed by atoms with Gasteiger partial charge in [-0.3, -0.25) is 4.79 Å². The number of halogens is 3. The molecule has 0 atom stereocenters. The third-order valence-corrected chi connectivity index (χ3v) is 4.86. The normalized spacial score (nSPS) is 11.7. The second-order valence-electron chi connectivity index (χ2n) is 7.30. The number of benzene rings is 1. The molecule has 32 heavy (non-hydrogen) atoms. The van der Waals surface area contributed by atoms with Crippen molar-refractivity contribution in [1.82, 2.24) is 19.6 Å². The van der Waals surface area contributed by atoms with E-state index in [0.717, 1.165) is 10.1 Å². The number of methoxy groups -OCH3 is 1. The van der Waals surface area contributed by atoms with Gasteiger partial charge in [0.25, 0.3) is 11.6 Å². The summed E-state index contributed by atoms with van der Waals surface area (Å²) >= 11 is 0. The number of nitrogens with one attached hydrogen (secondary N) is 1. The van der Waals surface area contributed by atoms with Crippen LogP contribution in [0.3, 0.4) is 0 Å². The minimum Gasteiger partial charge on any atom is -0.489 e. The molecule has 0 saturated heterocycles. The smallest absolute Gasteiger partial charge is 0.453 e. The summed E-state index contributed by atoms with van der Waals surface area (Å²) in [5.41, 5.74) is 3.12. The van der Waals surface area contributed by atoms with Gasteiger partial charge in [-0.2, -0.15) is 18.2 Å². The second-order valence-corrected chi connectivity index (χ2v) is 7.30. The van der Waals surface area contributed by atoms with E-state index in [9.17, 15) is 18.0 Å². The van der Waals surface area contributed by atoms with Crippen LogP contribution in [0.5, 0.6) is 5.75 Å². The van der Waals surface area contributed by atoms with Crippen LogP contribution in [0, 0.1) is 20.8 Å². The van der Waals surface area contributed by atoms with Crippen molar-refractivity contribution in [3.8, 4) is 5.75 Å². The third-order valence-electron chi connectivity index (χ3n) is 4.86. The highest BCUT2D eigenvalue weighted by molar-refractivity contribution is 5.92. The summed E-state index contributed by atoms with van der Waals surface area (Å²) in [4.78, 5) is 20.2. The molecule has 3 rings (SSSR count). The van der Waals surface area contributed by atoms with E-state index in [4.69, 9.17) is 9.47 Å². The van der Waals surface area contributed by atoms with Gasteiger partial charge in [0, 0.05) is 24.9 Å².